The van der Waals surface area contributed by atoms with Crippen LogP contribution in [0.5, 0.6) is 0 Å². The summed E-state index contributed by atoms with van der Waals surface area (Å²) in [5.41, 5.74) is 8.34. The number of hydrogen-bond acceptors (Lipinski definition) is 2. The maximum Gasteiger partial charge on any atom is 0.0383 e. The molecule has 1 aliphatic rings. The number of hydrogen-bond donors (Lipinski definition) is 1. The molecule has 1 aromatic rings. The largest absolute Gasteiger partial charge is 0.368 e. The average molecular weight is 325 g/mol. The molecule has 1 saturated carbocycles. The second kappa shape index (κ2) is 6.76. The maximum atomic E-state index is 5.80. The van der Waals surface area contributed by atoms with Gasteiger partial charge in [0.05, 0.1) is 0 Å². The lowest BCUT2D eigenvalue weighted by Gasteiger charge is -2.33. The van der Waals surface area contributed by atoms with Gasteiger partial charge in [0.25, 0.3) is 0 Å². The monoisotopic (exact) mass is 324 g/mol. The van der Waals surface area contributed by atoms with Gasteiger partial charge in [-0.25, -0.2) is 0 Å². The Morgan fingerprint density at radius 1 is 1.26 bits per heavy atom. The number of anilines is 1. The number of rotatable bonds is 5. The zero-order chi connectivity index (χ0) is 13.8. The summed E-state index contributed by atoms with van der Waals surface area (Å²) in [6, 6.07) is 7.32. The van der Waals surface area contributed by atoms with Crippen LogP contribution in [-0.2, 0) is 6.54 Å². The molecule has 0 bridgehead atoms. The van der Waals surface area contributed by atoms with Crippen molar-refractivity contribution in [3.8, 4) is 0 Å². The fourth-order valence-electron chi connectivity index (χ4n) is 2.99. The molecule has 0 saturated heterocycles. The number of halogens is 1. The molecular formula is C16H25BrN2. The standard InChI is InChI=1S/C16H25BrN2/c1-12(2)11-19(15-5-3-4-6-15)16-8-13(10-18)7-14(17)9-16/h7-9,12,15H,3-6,10-11,18H2,1-2H3. The maximum absolute atomic E-state index is 5.80. The first-order valence-electron chi connectivity index (χ1n) is 7.36. The van der Waals surface area contributed by atoms with Crippen molar-refractivity contribution in [3.63, 3.8) is 0 Å². The van der Waals surface area contributed by atoms with E-state index in [9.17, 15) is 0 Å². The molecule has 0 atom stereocenters. The molecule has 106 valence electrons. The minimum atomic E-state index is 0.604. The van der Waals surface area contributed by atoms with E-state index in [1.807, 2.05) is 0 Å². The molecular weight excluding hydrogens is 300 g/mol. The lowest BCUT2D eigenvalue weighted by molar-refractivity contribution is 0.535. The predicted octanol–water partition coefficient (Wildman–Crippen LogP) is 4.31. The molecule has 0 aliphatic heterocycles. The van der Waals surface area contributed by atoms with Crippen LogP contribution in [0.4, 0.5) is 5.69 Å². The Balaban J connectivity index is 2.28. The van der Waals surface area contributed by atoms with Crippen LogP contribution < -0.4 is 10.6 Å². The fourth-order valence-corrected chi connectivity index (χ4v) is 3.52. The lowest BCUT2D eigenvalue weighted by atomic mass is 10.1. The van der Waals surface area contributed by atoms with E-state index in [4.69, 9.17) is 5.73 Å². The first-order chi connectivity index (χ1) is 9.10. The third-order valence-electron chi connectivity index (χ3n) is 3.84. The summed E-state index contributed by atoms with van der Waals surface area (Å²) in [7, 11) is 0. The van der Waals surface area contributed by atoms with Gasteiger partial charge in [-0.15, -0.1) is 0 Å². The second-order valence-electron chi connectivity index (χ2n) is 6.01. The van der Waals surface area contributed by atoms with Gasteiger partial charge in [-0.3, -0.25) is 0 Å². The molecule has 0 aromatic heterocycles. The molecule has 1 fully saturated rings. The molecule has 2 N–H and O–H groups in total. The molecule has 0 amide bonds. The van der Waals surface area contributed by atoms with Gasteiger partial charge in [0.15, 0.2) is 0 Å². The summed E-state index contributed by atoms with van der Waals surface area (Å²) < 4.78 is 1.14. The predicted molar refractivity (Wildman–Crippen MR) is 86.5 cm³/mol. The highest BCUT2D eigenvalue weighted by atomic mass is 79.9. The summed E-state index contributed by atoms with van der Waals surface area (Å²) in [6.07, 6.45) is 5.41. The van der Waals surface area contributed by atoms with Crippen molar-refractivity contribution in [1.82, 2.24) is 0 Å². The third kappa shape index (κ3) is 3.96. The molecule has 1 aliphatic carbocycles. The summed E-state index contributed by atoms with van der Waals surface area (Å²) in [5, 5.41) is 0. The Kier molecular flexibility index (Phi) is 5.28. The van der Waals surface area contributed by atoms with Crippen LogP contribution in [0.25, 0.3) is 0 Å². The average Bonchev–Trinajstić information content (AvgIpc) is 2.88. The van der Waals surface area contributed by atoms with Crippen LogP contribution in [0.15, 0.2) is 22.7 Å². The molecule has 19 heavy (non-hydrogen) atoms. The van der Waals surface area contributed by atoms with Crippen molar-refractivity contribution in [3.05, 3.63) is 28.2 Å². The molecule has 0 heterocycles. The quantitative estimate of drug-likeness (QED) is 0.874. The van der Waals surface area contributed by atoms with E-state index in [1.54, 1.807) is 0 Å². The second-order valence-corrected chi connectivity index (χ2v) is 6.92. The van der Waals surface area contributed by atoms with Crippen LogP contribution >= 0.6 is 15.9 Å². The molecule has 0 radical (unpaired) electrons. The van der Waals surface area contributed by atoms with Gasteiger partial charge in [-0.1, -0.05) is 42.6 Å². The SMILES string of the molecule is CC(C)CN(c1cc(Br)cc(CN)c1)C1CCCC1. The fraction of sp³-hybridized carbons (Fsp3) is 0.625. The lowest BCUT2D eigenvalue weighted by Crippen LogP contribution is -2.36. The smallest absolute Gasteiger partial charge is 0.0383 e. The summed E-state index contributed by atoms with van der Waals surface area (Å²) in [6.45, 7) is 6.32. The summed E-state index contributed by atoms with van der Waals surface area (Å²) in [5.74, 6) is 0.681. The minimum absolute atomic E-state index is 0.604. The topological polar surface area (TPSA) is 29.3 Å². The van der Waals surface area contributed by atoms with Crippen molar-refractivity contribution in [1.29, 1.82) is 0 Å². The van der Waals surface area contributed by atoms with Crippen LogP contribution in [0.2, 0.25) is 0 Å². The normalized spacial score (nSPS) is 16.3. The van der Waals surface area contributed by atoms with E-state index in [0.29, 0.717) is 18.5 Å². The van der Waals surface area contributed by atoms with Gasteiger partial charge < -0.3 is 10.6 Å². The summed E-state index contributed by atoms with van der Waals surface area (Å²) >= 11 is 3.61. The number of nitrogens with two attached hydrogens (primary N) is 1. The van der Waals surface area contributed by atoms with Crippen LogP contribution in [0, 0.1) is 5.92 Å². The van der Waals surface area contributed by atoms with Gasteiger partial charge in [-0.05, 0) is 42.5 Å². The molecule has 0 spiro atoms. The molecule has 3 heteroatoms. The Morgan fingerprint density at radius 2 is 1.95 bits per heavy atom. The van der Waals surface area contributed by atoms with Crippen LogP contribution in [0.3, 0.4) is 0 Å². The zero-order valence-electron chi connectivity index (χ0n) is 12.0. The van der Waals surface area contributed by atoms with Crippen LogP contribution in [-0.4, -0.2) is 12.6 Å². The van der Waals surface area contributed by atoms with Gasteiger partial charge in [-0.2, -0.15) is 0 Å². The van der Waals surface area contributed by atoms with Crippen molar-refractivity contribution in [2.45, 2.75) is 52.1 Å². The first kappa shape index (κ1) is 14.9. The van der Waals surface area contributed by atoms with Gasteiger partial charge in [0.1, 0.15) is 0 Å². The Morgan fingerprint density at radius 3 is 2.53 bits per heavy atom. The summed E-state index contributed by atoms with van der Waals surface area (Å²) in [4.78, 5) is 2.60. The molecule has 2 nitrogen and oxygen atoms in total. The highest BCUT2D eigenvalue weighted by molar-refractivity contribution is 9.10. The van der Waals surface area contributed by atoms with E-state index in [1.165, 1.54) is 36.9 Å². The molecule has 2 rings (SSSR count). The molecule has 0 unspecified atom stereocenters. The highest BCUT2D eigenvalue weighted by Gasteiger charge is 2.23. The highest BCUT2D eigenvalue weighted by Crippen LogP contribution is 2.31. The number of benzene rings is 1. The van der Waals surface area contributed by atoms with Gasteiger partial charge >= 0.3 is 0 Å². The van der Waals surface area contributed by atoms with Gasteiger partial charge in [0.2, 0.25) is 0 Å². The van der Waals surface area contributed by atoms with Crippen molar-refractivity contribution in [2.24, 2.45) is 11.7 Å². The first-order valence-corrected chi connectivity index (χ1v) is 8.15. The third-order valence-corrected chi connectivity index (χ3v) is 4.29. The van der Waals surface area contributed by atoms with Crippen LogP contribution in [0.1, 0.15) is 45.1 Å². The van der Waals surface area contributed by atoms with Gasteiger partial charge in [0, 0.05) is 29.3 Å². The van der Waals surface area contributed by atoms with E-state index in [0.717, 1.165) is 11.0 Å². The van der Waals surface area contributed by atoms with E-state index in [-0.39, 0.29) is 0 Å². The van der Waals surface area contributed by atoms with Crippen molar-refractivity contribution >= 4 is 21.6 Å². The Labute approximate surface area is 125 Å². The number of nitrogens with zero attached hydrogens (tertiary/aromatic N) is 1. The van der Waals surface area contributed by atoms with Crippen molar-refractivity contribution < 1.29 is 0 Å². The zero-order valence-corrected chi connectivity index (χ0v) is 13.6. The van der Waals surface area contributed by atoms with E-state index >= 15 is 0 Å². The van der Waals surface area contributed by atoms with E-state index < -0.39 is 0 Å². The van der Waals surface area contributed by atoms with Crippen molar-refractivity contribution in [2.75, 3.05) is 11.4 Å². The Bertz CT molecular complexity index is 411. The van der Waals surface area contributed by atoms with E-state index in [2.05, 4.69) is 52.9 Å². The minimum Gasteiger partial charge on any atom is -0.368 e. The molecule has 1 aromatic carbocycles. The Hall–Kier alpha value is -0.540.